The van der Waals surface area contributed by atoms with Crippen molar-refractivity contribution in [3.63, 3.8) is 0 Å². The molecule has 0 radical (unpaired) electrons. The number of carbonyl (C=O) groups is 2. The van der Waals surface area contributed by atoms with E-state index in [1.54, 1.807) is 16.8 Å². The van der Waals surface area contributed by atoms with Crippen molar-refractivity contribution in [2.24, 2.45) is 0 Å². The highest BCUT2D eigenvalue weighted by Crippen LogP contribution is 2.27. The highest BCUT2D eigenvalue weighted by molar-refractivity contribution is 6.31. The van der Waals surface area contributed by atoms with E-state index < -0.39 is 11.7 Å². The molecule has 0 unspecified atom stereocenters. The summed E-state index contributed by atoms with van der Waals surface area (Å²) in [4.78, 5) is 35.0. The molecule has 4 rings (SSSR count). The predicted molar refractivity (Wildman–Crippen MR) is 97.5 cm³/mol. The molecule has 0 saturated carbocycles. The van der Waals surface area contributed by atoms with Crippen LogP contribution in [0.15, 0.2) is 49.1 Å². The van der Waals surface area contributed by atoms with Gasteiger partial charge in [0, 0.05) is 37.4 Å². The van der Waals surface area contributed by atoms with Gasteiger partial charge in [-0.25, -0.2) is 9.37 Å². The molecule has 2 amide bonds. The first-order valence-corrected chi connectivity index (χ1v) is 8.46. The van der Waals surface area contributed by atoms with Crippen LogP contribution in [0.5, 0.6) is 0 Å². The number of benzene rings is 1. The van der Waals surface area contributed by atoms with Crippen molar-refractivity contribution in [2.75, 3.05) is 16.8 Å². The number of hydrogen-bond donors (Lipinski definition) is 1. The number of anilines is 2. The third-order valence-corrected chi connectivity index (χ3v) is 4.53. The Balaban J connectivity index is 1.65. The fraction of sp³-hybridized carbons (Fsp3) is 0.111. The molecule has 1 N–H and O–H groups in total. The van der Waals surface area contributed by atoms with Crippen LogP contribution in [0.25, 0.3) is 0 Å². The highest BCUT2D eigenvalue weighted by Gasteiger charge is 2.31. The molecule has 1 aliphatic heterocycles. The summed E-state index contributed by atoms with van der Waals surface area (Å²) in [6.45, 7) is 0.877. The maximum atomic E-state index is 13.4. The van der Waals surface area contributed by atoms with Crippen molar-refractivity contribution in [3.8, 4) is 0 Å². The minimum atomic E-state index is -0.558. The lowest BCUT2D eigenvalue weighted by atomic mass is 10.1. The topological polar surface area (TPSA) is 80.1 Å². The van der Waals surface area contributed by atoms with E-state index in [0.717, 1.165) is 0 Å². The number of amides is 2. The number of fused-ring (bicyclic) bond motifs is 1. The molecular weight excluding hydrogens is 373 g/mol. The van der Waals surface area contributed by atoms with Gasteiger partial charge in [0.15, 0.2) is 5.82 Å². The molecule has 0 fully saturated rings. The largest absolute Gasteiger partial charge is 0.341 e. The average Bonchev–Trinajstić information content (AvgIpc) is 3.10. The average molecular weight is 386 g/mol. The van der Waals surface area contributed by atoms with Gasteiger partial charge in [0.1, 0.15) is 11.5 Å². The molecule has 3 aromatic rings. The summed E-state index contributed by atoms with van der Waals surface area (Å²) < 4.78 is 15.1. The summed E-state index contributed by atoms with van der Waals surface area (Å²) in [5.74, 6) is -1.10. The molecule has 27 heavy (non-hydrogen) atoms. The number of carbonyl (C=O) groups excluding carboxylic acids is 2. The molecule has 9 heteroatoms. The number of rotatable bonds is 3. The molecule has 0 saturated heterocycles. The first-order chi connectivity index (χ1) is 13.0. The maximum Gasteiger partial charge on any atom is 0.275 e. The Labute approximate surface area is 158 Å². The SMILES string of the molecule is O=C(Nc1cnccn1)c1ccn2c1C(=O)N(c1ccc(F)c(Cl)c1)CC2. The van der Waals surface area contributed by atoms with Crippen molar-refractivity contribution in [3.05, 3.63) is 71.2 Å². The molecule has 0 spiro atoms. The number of aromatic nitrogens is 3. The number of nitrogens with zero attached hydrogens (tertiary/aromatic N) is 4. The van der Waals surface area contributed by atoms with E-state index in [9.17, 15) is 14.0 Å². The Bertz CT molecular complexity index is 1040. The lowest BCUT2D eigenvalue weighted by molar-refractivity contribution is 0.0949. The van der Waals surface area contributed by atoms with E-state index in [-0.39, 0.29) is 28.0 Å². The third kappa shape index (κ3) is 3.15. The van der Waals surface area contributed by atoms with Gasteiger partial charge in [-0.3, -0.25) is 14.6 Å². The summed E-state index contributed by atoms with van der Waals surface area (Å²) >= 11 is 5.84. The van der Waals surface area contributed by atoms with E-state index in [1.807, 2.05) is 0 Å². The van der Waals surface area contributed by atoms with Crippen molar-refractivity contribution in [1.82, 2.24) is 14.5 Å². The highest BCUT2D eigenvalue weighted by atomic mass is 35.5. The Hall–Kier alpha value is -3.26. The fourth-order valence-corrected chi connectivity index (χ4v) is 3.14. The van der Waals surface area contributed by atoms with E-state index in [2.05, 4.69) is 15.3 Å². The molecule has 0 bridgehead atoms. The van der Waals surface area contributed by atoms with Gasteiger partial charge < -0.3 is 14.8 Å². The van der Waals surface area contributed by atoms with Crippen LogP contribution in [0, 0.1) is 5.82 Å². The molecule has 1 aromatic carbocycles. The fourth-order valence-electron chi connectivity index (χ4n) is 2.96. The maximum absolute atomic E-state index is 13.4. The standard InChI is InChI=1S/C18H13ClFN5O2/c19-13-9-11(1-2-14(13)20)25-8-7-24-6-3-12(16(24)18(25)27)17(26)23-15-10-21-4-5-22-15/h1-6,9-10H,7-8H2,(H,22,23,26). The van der Waals surface area contributed by atoms with Crippen LogP contribution >= 0.6 is 11.6 Å². The Morgan fingerprint density at radius 2 is 2.07 bits per heavy atom. The third-order valence-electron chi connectivity index (χ3n) is 4.24. The van der Waals surface area contributed by atoms with Crippen LogP contribution < -0.4 is 10.2 Å². The first kappa shape index (κ1) is 17.2. The summed E-state index contributed by atoms with van der Waals surface area (Å²) in [5.41, 5.74) is 0.950. The molecule has 136 valence electrons. The normalized spacial score (nSPS) is 13.4. The van der Waals surface area contributed by atoms with E-state index in [0.29, 0.717) is 18.8 Å². The van der Waals surface area contributed by atoms with Crippen LogP contribution in [0.4, 0.5) is 15.9 Å². The quantitative estimate of drug-likeness (QED) is 0.751. The number of halogens is 2. The molecule has 2 aromatic heterocycles. The van der Waals surface area contributed by atoms with Gasteiger partial charge in [-0.1, -0.05) is 11.6 Å². The monoisotopic (exact) mass is 385 g/mol. The van der Waals surface area contributed by atoms with Crippen molar-refractivity contribution in [1.29, 1.82) is 0 Å². The van der Waals surface area contributed by atoms with Gasteiger partial charge in [0.2, 0.25) is 0 Å². The first-order valence-electron chi connectivity index (χ1n) is 8.08. The zero-order valence-corrected chi connectivity index (χ0v) is 14.7. The lowest BCUT2D eigenvalue weighted by Crippen LogP contribution is -2.41. The lowest BCUT2D eigenvalue weighted by Gasteiger charge is -2.29. The summed E-state index contributed by atoms with van der Waals surface area (Å²) in [5, 5.41) is 2.55. The molecular formula is C18H13ClFN5O2. The summed E-state index contributed by atoms with van der Waals surface area (Å²) in [6.07, 6.45) is 6.05. The zero-order valence-electron chi connectivity index (χ0n) is 13.9. The molecule has 3 heterocycles. The number of nitrogens with one attached hydrogen (secondary N) is 1. The second-order valence-corrected chi connectivity index (χ2v) is 6.28. The molecule has 0 aliphatic carbocycles. The Morgan fingerprint density at radius 3 is 2.81 bits per heavy atom. The minimum Gasteiger partial charge on any atom is -0.341 e. The number of hydrogen-bond acceptors (Lipinski definition) is 4. The van der Waals surface area contributed by atoms with E-state index in [1.165, 1.54) is 41.7 Å². The van der Waals surface area contributed by atoms with Gasteiger partial charge in [-0.15, -0.1) is 0 Å². The van der Waals surface area contributed by atoms with Gasteiger partial charge in [-0.2, -0.15) is 0 Å². The predicted octanol–water partition coefficient (Wildman–Crippen LogP) is 2.98. The second kappa shape index (κ2) is 6.81. The van der Waals surface area contributed by atoms with Crippen LogP contribution in [-0.2, 0) is 6.54 Å². The van der Waals surface area contributed by atoms with Gasteiger partial charge >= 0.3 is 0 Å². The Morgan fingerprint density at radius 1 is 1.22 bits per heavy atom. The zero-order chi connectivity index (χ0) is 19.0. The van der Waals surface area contributed by atoms with Crippen LogP contribution in [0.2, 0.25) is 5.02 Å². The Kier molecular flexibility index (Phi) is 4.33. The van der Waals surface area contributed by atoms with Crippen LogP contribution in [-0.4, -0.2) is 32.9 Å². The molecule has 0 atom stereocenters. The smallest absolute Gasteiger partial charge is 0.275 e. The second-order valence-electron chi connectivity index (χ2n) is 5.87. The summed E-state index contributed by atoms with van der Waals surface area (Å²) in [6, 6.07) is 5.67. The van der Waals surface area contributed by atoms with Gasteiger partial charge in [0.05, 0.1) is 16.8 Å². The summed E-state index contributed by atoms with van der Waals surface area (Å²) in [7, 11) is 0. The van der Waals surface area contributed by atoms with Crippen molar-refractivity contribution in [2.45, 2.75) is 6.54 Å². The van der Waals surface area contributed by atoms with Gasteiger partial charge in [0.25, 0.3) is 11.8 Å². The van der Waals surface area contributed by atoms with Gasteiger partial charge in [-0.05, 0) is 24.3 Å². The van der Waals surface area contributed by atoms with E-state index in [4.69, 9.17) is 11.6 Å². The van der Waals surface area contributed by atoms with Crippen LogP contribution in [0.3, 0.4) is 0 Å². The van der Waals surface area contributed by atoms with E-state index >= 15 is 0 Å². The molecule has 7 nitrogen and oxygen atoms in total. The minimum absolute atomic E-state index is 0.0677. The van der Waals surface area contributed by atoms with Crippen molar-refractivity contribution >= 4 is 34.9 Å². The van der Waals surface area contributed by atoms with Crippen LogP contribution in [0.1, 0.15) is 20.8 Å². The molecule has 1 aliphatic rings. The van der Waals surface area contributed by atoms with Crippen molar-refractivity contribution < 1.29 is 14.0 Å².